The van der Waals surface area contributed by atoms with Crippen LogP contribution in [0.5, 0.6) is 0 Å². The van der Waals surface area contributed by atoms with Crippen molar-refractivity contribution in [3.63, 3.8) is 0 Å². The number of hydrogen-bond acceptors (Lipinski definition) is 5. The normalized spacial score (nSPS) is 36.4. The van der Waals surface area contributed by atoms with E-state index >= 15 is 0 Å². The van der Waals surface area contributed by atoms with Gasteiger partial charge in [-0.2, -0.15) is 13.2 Å². The second-order valence-electron chi connectivity index (χ2n) is 9.89. The van der Waals surface area contributed by atoms with Gasteiger partial charge in [-0.15, -0.1) is 0 Å². The standard InChI is InChI=1S/C23H29F3N4OS.H2O/c1-2-29-20(8-19(27)14-5-15(10-28-9-14)23(24,25)26)21-17-6-16(7-18(17)21)30-4-3-22(11-30)12-32(31)13-22;/h5,8-10,16-18,21H,2-4,6-7,11-13,27H2,1H3;1H2/b19-8-,29-20?;/t16?,17-,18+,21?,22?,32?;. The predicted octanol–water partition coefficient (Wildman–Crippen LogP) is 2.52. The molecule has 0 amide bonds. The summed E-state index contributed by atoms with van der Waals surface area (Å²) in [6.45, 7) is 4.77. The van der Waals surface area contributed by atoms with Crippen molar-refractivity contribution in [2.24, 2.45) is 33.9 Å². The van der Waals surface area contributed by atoms with Crippen LogP contribution in [0.15, 0.2) is 29.5 Å². The zero-order valence-corrected chi connectivity index (χ0v) is 19.5. The van der Waals surface area contributed by atoms with Crippen LogP contribution >= 0.6 is 0 Å². The van der Waals surface area contributed by atoms with Gasteiger partial charge in [-0.1, -0.05) is 0 Å². The van der Waals surface area contributed by atoms with Gasteiger partial charge < -0.3 is 11.2 Å². The fourth-order valence-electron chi connectivity index (χ4n) is 6.13. The minimum atomic E-state index is -4.45. The molecule has 4 fully saturated rings. The highest BCUT2D eigenvalue weighted by molar-refractivity contribution is 7.86. The van der Waals surface area contributed by atoms with E-state index in [0.717, 1.165) is 55.4 Å². The minimum Gasteiger partial charge on any atom is -0.412 e. The van der Waals surface area contributed by atoms with Gasteiger partial charge in [0.05, 0.1) is 5.56 Å². The fraction of sp³-hybridized carbons (Fsp3) is 0.652. The molecule has 1 aromatic rings. The first-order valence-corrected chi connectivity index (χ1v) is 12.8. The summed E-state index contributed by atoms with van der Waals surface area (Å²) in [6, 6.07) is 1.63. The van der Waals surface area contributed by atoms with Gasteiger partial charge in [0.25, 0.3) is 0 Å². The number of aromatic nitrogens is 1. The lowest BCUT2D eigenvalue weighted by molar-refractivity contribution is -0.137. The number of halogens is 3. The molecule has 5 rings (SSSR count). The van der Waals surface area contributed by atoms with E-state index in [4.69, 9.17) is 5.73 Å². The third-order valence-corrected chi connectivity index (χ3v) is 9.59. The maximum absolute atomic E-state index is 13.0. The summed E-state index contributed by atoms with van der Waals surface area (Å²) in [5.41, 5.74) is 7.14. The molecule has 2 saturated carbocycles. The number of rotatable bonds is 5. The first-order valence-electron chi connectivity index (χ1n) is 11.3. The number of allylic oxidation sites excluding steroid dienone is 1. The van der Waals surface area contributed by atoms with E-state index in [-0.39, 0.29) is 16.7 Å². The van der Waals surface area contributed by atoms with Gasteiger partial charge in [-0.05, 0) is 56.7 Å². The second-order valence-corrected chi connectivity index (χ2v) is 11.3. The topological polar surface area (TPSA) is 103 Å². The summed E-state index contributed by atoms with van der Waals surface area (Å²) in [4.78, 5) is 11.0. The molecule has 3 heterocycles. The number of pyridine rings is 1. The number of nitrogens with zero attached hydrogens (tertiary/aromatic N) is 3. The average molecular weight is 485 g/mol. The molecule has 0 bridgehead atoms. The van der Waals surface area contributed by atoms with Crippen molar-refractivity contribution in [3.8, 4) is 0 Å². The van der Waals surface area contributed by atoms with Crippen LogP contribution in [-0.4, -0.2) is 62.5 Å². The van der Waals surface area contributed by atoms with Gasteiger partial charge in [0.15, 0.2) is 0 Å². The number of hydrogen-bond donors (Lipinski definition) is 1. The Kier molecular flexibility index (Phi) is 6.48. The van der Waals surface area contributed by atoms with Crippen molar-refractivity contribution >= 4 is 22.2 Å². The molecule has 33 heavy (non-hydrogen) atoms. The van der Waals surface area contributed by atoms with Crippen molar-refractivity contribution in [1.29, 1.82) is 0 Å². The van der Waals surface area contributed by atoms with Crippen LogP contribution in [0, 0.1) is 23.2 Å². The number of fused-ring (bicyclic) bond motifs is 1. The quantitative estimate of drug-likeness (QED) is 0.649. The van der Waals surface area contributed by atoms with E-state index in [1.165, 1.54) is 12.6 Å². The molecule has 2 saturated heterocycles. The third kappa shape index (κ3) is 4.61. The highest BCUT2D eigenvalue weighted by atomic mass is 32.2. The van der Waals surface area contributed by atoms with Gasteiger partial charge >= 0.3 is 6.18 Å². The first-order chi connectivity index (χ1) is 15.2. The van der Waals surface area contributed by atoms with E-state index in [1.54, 1.807) is 6.08 Å². The van der Waals surface area contributed by atoms with Crippen LogP contribution in [0.4, 0.5) is 13.2 Å². The molecule has 4 aliphatic rings. The SMILES string of the molecule is CCN=C(/C=C(\N)c1cncc(C(F)(F)F)c1)C1[C@H]2CC(N3CCC4(C3)CS(=O)C4)C[C@@H]12.O. The molecule has 2 aliphatic carbocycles. The van der Waals surface area contributed by atoms with Gasteiger partial charge in [-0.3, -0.25) is 19.1 Å². The van der Waals surface area contributed by atoms with Crippen LogP contribution in [0.25, 0.3) is 5.70 Å². The molecular weight excluding hydrogens is 453 g/mol. The van der Waals surface area contributed by atoms with E-state index < -0.39 is 22.5 Å². The molecule has 0 aromatic carbocycles. The Labute approximate surface area is 194 Å². The Morgan fingerprint density at radius 2 is 2.03 bits per heavy atom. The molecule has 2 aliphatic heterocycles. The summed E-state index contributed by atoms with van der Waals surface area (Å²) >= 11 is 0. The summed E-state index contributed by atoms with van der Waals surface area (Å²) in [7, 11) is -0.606. The highest BCUT2D eigenvalue weighted by Crippen LogP contribution is 2.60. The van der Waals surface area contributed by atoms with E-state index in [2.05, 4.69) is 14.9 Å². The molecule has 6 nitrogen and oxygen atoms in total. The third-order valence-electron chi connectivity index (χ3n) is 7.72. The molecule has 10 heteroatoms. The lowest BCUT2D eigenvalue weighted by atomic mass is 9.91. The van der Waals surface area contributed by atoms with E-state index in [1.807, 2.05) is 6.92 Å². The Morgan fingerprint density at radius 1 is 1.33 bits per heavy atom. The molecule has 1 aromatic heterocycles. The summed E-state index contributed by atoms with van der Waals surface area (Å²) in [6.07, 6.45) is 2.92. The van der Waals surface area contributed by atoms with E-state index in [0.29, 0.717) is 35.8 Å². The Morgan fingerprint density at radius 3 is 2.64 bits per heavy atom. The van der Waals surface area contributed by atoms with Gasteiger partial charge in [0.1, 0.15) is 0 Å². The lowest BCUT2D eigenvalue weighted by Gasteiger charge is -2.38. The molecule has 1 spiro atoms. The van der Waals surface area contributed by atoms with Crippen molar-refractivity contribution in [3.05, 3.63) is 35.7 Å². The van der Waals surface area contributed by atoms with Crippen molar-refractivity contribution < 1.29 is 22.9 Å². The zero-order chi connectivity index (χ0) is 22.7. The van der Waals surface area contributed by atoms with Crippen LogP contribution in [0.1, 0.15) is 37.3 Å². The number of nitrogens with two attached hydrogens (primary N) is 1. The zero-order valence-electron chi connectivity index (χ0n) is 18.6. The van der Waals surface area contributed by atoms with Gasteiger partial charge in [0.2, 0.25) is 0 Å². The van der Waals surface area contributed by atoms with Crippen molar-refractivity contribution in [2.45, 2.75) is 38.4 Å². The van der Waals surface area contributed by atoms with Crippen LogP contribution in [0.3, 0.4) is 0 Å². The summed E-state index contributed by atoms with van der Waals surface area (Å²) < 4.78 is 50.7. The maximum Gasteiger partial charge on any atom is 0.417 e. The number of aliphatic imine (C=N–C) groups is 1. The van der Waals surface area contributed by atoms with Crippen LogP contribution in [0.2, 0.25) is 0 Å². The van der Waals surface area contributed by atoms with Crippen LogP contribution in [-0.2, 0) is 17.0 Å². The average Bonchev–Trinajstić information content (AvgIpc) is 3.06. The number of alkyl halides is 3. The summed E-state index contributed by atoms with van der Waals surface area (Å²) in [5, 5.41) is 0. The maximum atomic E-state index is 13.0. The molecule has 0 radical (unpaired) electrons. The minimum absolute atomic E-state index is 0. The predicted molar refractivity (Wildman–Crippen MR) is 123 cm³/mol. The molecule has 2 unspecified atom stereocenters. The summed E-state index contributed by atoms with van der Waals surface area (Å²) in [5.74, 6) is 3.22. The monoisotopic (exact) mass is 484 g/mol. The Bertz CT molecular complexity index is 976. The van der Waals surface area contributed by atoms with Crippen LogP contribution < -0.4 is 5.73 Å². The Hall–Kier alpha value is -1.78. The largest absolute Gasteiger partial charge is 0.417 e. The number of likely N-dealkylation sites (tertiary alicyclic amines) is 1. The molecule has 4 N–H and O–H groups in total. The molecular formula is C23H31F3N4O2S. The van der Waals surface area contributed by atoms with Gasteiger partial charge in [-0.25, -0.2) is 0 Å². The lowest BCUT2D eigenvalue weighted by Crippen LogP contribution is -2.47. The fourth-order valence-corrected chi connectivity index (χ4v) is 7.88. The highest BCUT2D eigenvalue weighted by Gasteiger charge is 2.60. The second kappa shape index (κ2) is 8.78. The molecule has 182 valence electrons. The Balaban J connectivity index is 0.00000259. The van der Waals surface area contributed by atoms with Crippen molar-refractivity contribution in [1.82, 2.24) is 9.88 Å². The van der Waals surface area contributed by atoms with Crippen molar-refractivity contribution in [2.75, 3.05) is 31.1 Å². The molecule has 4 atom stereocenters. The van der Waals surface area contributed by atoms with E-state index in [9.17, 15) is 17.4 Å². The first kappa shape index (κ1) is 24.3. The smallest absolute Gasteiger partial charge is 0.412 e. The van der Waals surface area contributed by atoms with Gasteiger partial charge in [0, 0.05) is 82.1 Å².